The zero-order valence-corrected chi connectivity index (χ0v) is 17.1. The van der Waals surface area contributed by atoms with E-state index < -0.39 is 17.8 Å². The fourth-order valence-electron chi connectivity index (χ4n) is 4.37. The van der Waals surface area contributed by atoms with Crippen molar-refractivity contribution < 1.29 is 13.5 Å². The summed E-state index contributed by atoms with van der Waals surface area (Å²) in [6, 6.07) is 8.32. The van der Waals surface area contributed by atoms with E-state index in [0.29, 0.717) is 11.5 Å². The highest BCUT2D eigenvalue weighted by Crippen LogP contribution is 2.42. The van der Waals surface area contributed by atoms with Gasteiger partial charge in [0.25, 0.3) is 0 Å². The van der Waals surface area contributed by atoms with E-state index in [1.807, 2.05) is 28.7 Å². The molecule has 7 heteroatoms. The van der Waals surface area contributed by atoms with E-state index in [2.05, 4.69) is 5.32 Å². The van der Waals surface area contributed by atoms with Gasteiger partial charge in [-0.3, -0.25) is 4.40 Å². The van der Waals surface area contributed by atoms with Crippen LogP contribution in [-0.4, -0.2) is 28.6 Å². The Kier molecular flexibility index (Phi) is 4.87. The monoisotopic (exact) mass is 415 g/mol. The molecular formula is C22H23F2N3OS. The molecule has 1 atom stereocenters. The van der Waals surface area contributed by atoms with Gasteiger partial charge in [0.2, 0.25) is 0 Å². The number of hydrogen-bond donors (Lipinski definition) is 1. The summed E-state index contributed by atoms with van der Waals surface area (Å²) in [7, 11) is 1.46. The highest BCUT2D eigenvalue weighted by Gasteiger charge is 2.30. The van der Waals surface area contributed by atoms with Gasteiger partial charge in [0.15, 0.2) is 4.96 Å². The summed E-state index contributed by atoms with van der Waals surface area (Å²) in [5.74, 6) is -0.435. The number of anilines is 1. The van der Waals surface area contributed by atoms with E-state index in [1.54, 1.807) is 0 Å². The van der Waals surface area contributed by atoms with Crippen molar-refractivity contribution in [3.63, 3.8) is 0 Å². The van der Waals surface area contributed by atoms with Crippen LogP contribution >= 0.6 is 11.3 Å². The zero-order valence-electron chi connectivity index (χ0n) is 16.3. The van der Waals surface area contributed by atoms with Gasteiger partial charge in [-0.05, 0) is 31.1 Å². The normalized spacial score (nSPS) is 21.2. The first-order valence-electron chi connectivity index (χ1n) is 10.1. The molecule has 0 amide bonds. The average molecular weight is 416 g/mol. The molecule has 0 bridgehead atoms. The Morgan fingerprint density at radius 2 is 1.97 bits per heavy atom. The topological polar surface area (TPSA) is 38.6 Å². The third kappa shape index (κ3) is 3.26. The second-order valence-corrected chi connectivity index (χ2v) is 8.76. The maximum Gasteiger partial charge on any atom is 0.197 e. The lowest BCUT2D eigenvalue weighted by molar-refractivity contribution is 0.133. The number of aromatic nitrogens is 2. The van der Waals surface area contributed by atoms with Crippen molar-refractivity contribution >= 4 is 37.9 Å². The lowest BCUT2D eigenvalue weighted by Gasteiger charge is -2.25. The molecule has 0 saturated heterocycles. The first kappa shape index (κ1) is 18.8. The molecule has 1 N–H and O–H groups in total. The number of ether oxygens (including phenoxy) is 1. The molecule has 2 aliphatic rings. The Morgan fingerprint density at radius 3 is 2.72 bits per heavy atom. The number of methoxy groups -OCH3 is 1. The van der Waals surface area contributed by atoms with Crippen LogP contribution in [0.15, 0.2) is 42.0 Å². The Morgan fingerprint density at radius 1 is 1.17 bits per heavy atom. The molecule has 1 unspecified atom stereocenters. The Hall–Kier alpha value is -2.25. The summed E-state index contributed by atoms with van der Waals surface area (Å²) in [6.07, 6.45) is 6.46. The van der Waals surface area contributed by atoms with Gasteiger partial charge in [0, 0.05) is 19.6 Å². The van der Waals surface area contributed by atoms with Crippen molar-refractivity contribution in [1.82, 2.24) is 9.38 Å². The second kappa shape index (κ2) is 7.54. The van der Waals surface area contributed by atoms with Gasteiger partial charge in [-0.1, -0.05) is 42.7 Å². The molecule has 2 heterocycles. The molecule has 1 aromatic carbocycles. The van der Waals surface area contributed by atoms with E-state index >= 15 is 0 Å². The summed E-state index contributed by atoms with van der Waals surface area (Å²) in [6.45, 7) is 0. The van der Waals surface area contributed by atoms with Crippen molar-refractivity contribution in [3.8, 4) is 0 Å². The second-order valence-electron chi connectivity index (χ2n) is 7.75. The number of nitrogens with one attached hydrogen (secondary N) is 1. The molecule has 0 radical (unpaired) electrons. The number of para-hydroxylation sites is 1. The van der Waals surface area contributed by atoms with Gasteiger partial charge in [0.1, 0.15) is 23.2 Å². The third-order valence-corrected chi connectivity index (χ3v) is 6.88. The number of nitrogens with zero attached hydrogens (tertiary/aromatic N) is 2. The molecule has 1 fully saturated rings. The number of benzene rings is 1. The number of hydrogen-bond acceptors (Lipinski definition) is 4. The summed E-state index contributed by atoms with van der Waals surface area (Å²) < 4.78 is 38.2. The Bertz CT molecular complexity index is 1120. The highest BCUT2D eigenvalue weighted by atomic mass is 32.1. The van der Waals surface area contributed by atoms with Crippen molar-refractivity contribution in [2.45, 2.75) is 50.7 Å². The van der Waals surface area contributed by atoms with Crippen LogP contribution < -0.4 is 5.32 Å². The number of allylic oxidation sites excluding steroid dienone is 2. The predicted octanol–water partition coefficient (Wildman–Crippen LogP) is 6.25. The van der Waals surface area contributed by atoms with Gasteiger partial charge in [0.05, 0.1) is 21.9 Å². The Labute approximate surface area is 171 Å². The average Bonchev–Trinajstić information content (AvgIpc) is 3.25. The number of imidazole rings is 1. The van der Waals surface area contributed by atoms with Crippen LogP contribution in [0.1, 0.15) is 44.2 Å². The number of rotatable bonds is 4. The molecular weight excluding hydrogens is 392 g/mol. The summed E-state index contributed by atoms with van der Waals surface area (Å²) in [4.78, 5) is 5.43. The van der Waals surface area contributed by atoms with Crippen LogP contribution in [0.2, 0.25) is 0 Å². The summed E-state index contributed by atoms with van der Waals surface area (Å²) >= 11 is 1.53. The van der Waals surface area contributed by atoms with Crippen molar-refractivity contribution in [3.05, 3.63) is 47.7 Å². The first-order chi connectivity index (χ1) is 14.2. The van der Waals surface area contributed by atoms with Crippen molar-refractivity contribution in [2.24, 2.45) is 0 Å². The van der Waals surface area contributed by atoms with E-state index in [1.165, 1.54) is 43.8 Å². The molecule has 29 heavy (non-hydrogen) atoms. The van der Waals surface area contributed by atoms with Gasteiger partial charge >= 0.3 is 0 Å². The van der Waals surface area contributed by atoms with Crippen LogP contribution in [0.25, 0.3) is 20.8 Å². The van der Waals surface area contributed by atoms with Crippen molar-refractivity contribution in [1.29, 1.82) is 0 Å². The van der Waals surface area contributed by atoms with Gasteiger partial charge in [-0.25, -0.2) is 13.8 Å². The predicted molar refractivity (Wildman–Crippen MR) is 114 cm³/mol. The number of fused-ring (bicyclic) bond motifs is 3. The van der Waals surface area contributed by atoms with Crippen LogP contribution in [-0.2, 0) is 4.74 Å². The van der Waals surface area contributed by atoms with E-state index in [0.717, 1.165) is 28.0 Å². The summed E-state index contributed by atoms with van der Waals surface area (Å²) in [5.41, 5.74) is 1.31. The quantitative estimate of drug-likeness (QED) is 0.548. The minimum absolute atomic E-state index is 0.0219. The minimum Gasteiger partial charge on any atom is -0.377 e. The molecule has 0 spiro atoms. The number of halogens is 2. The molecule has 152 valence electrons. The van der Waals surface area contributed by atoms with Crippen molar-refractivity contribution in [2.75, 3.05) is 12.4 Å². The minimum atomic E-state index is -0.609. The maximum atomic E-state index is 15.0. The molecule has 0 aliphatic heterocycles. The maximum absolute atomic E-state index is 15.0. The lowest BCUT2D eigenvalue weighted by Crippen LogP contribution is -2.24. The fourth-order valence-corrected chi connectivity index (χ4v) is 5.40. The molecule has 2 aromatic heterocycles. The SMILES string of the molecule is COC1C=C(F)C(c2nc3sc4ccccc4n3c2NC2CCCCC2)=C(F)C1. The van der Waals surface area contributed by atoms with Gasteiger partial charge in [-0.15, -0.1) is 0 Å². The van der Waals surface area contributed by atoms with Crippen LogP contribution in [0.4, 0.5) is 14.6 Å². The zero-order chi connectivity index (χ0) is 20.0. The largest absolute Gasteiger partial charge is 0.377 e. The van der Waals surface area contributed by atoms with E-state index in [-0.39, 0.29) is 18.0 Å². The van der Waals surface area contributed by atoms with E-state index in [4.69, 9.17) is 9.72 Å². The highest BCUT2D eigenvalue weighted by molar-refractivity contribution is 7.23. The first-order valence-corrected chi connectivity index (χ1v) is 10.9. The smallest absolute Gasteiger partial charge is 0.197 e. The molecule has 4 nitrogen and oxygen atoms in total. The lowest BCUT2D eigenvalue weighted by atomic mass is 9.95. The van der Waals surface area contributed by atoms with Crippen LogP contribution in [0.5, 0.6) is 0 Å². The third-order valence-electron chi connectivity index (χ3n) is 5.86. The standard InChI is InChI=1S/C22H23F2N3OS/c1-28-14-11-15(23)19(16(24)12-14)20-21(25-13-7-3-2-4-8-13)27-17-9-5-6-10-18(17)29-22(27)26-20/h5-6,9-11,13-14,25H,2-4,7-8,12H2,1H3. The van der Waals surface area contributed by atoms with Gasteiger partial charge in [-0.2, -0.15) is 0 Å². The fraction of sp³-hybridized carbons (Fsp3) is 0.409. The Balaban J connectivity index is 1.68. The van der Waals surface area contributed by atoms with Gasteiger partial charge < -0.3 is 10.1 Å². The molecule has 2 aliphatic carbocycles. The van der Waals surface area contributed by atoms with Crippen LogP contribution in [0.3, 0.4) is 0 Å². The molecule has 3 aromatic rings. The van der Waals surface area contributed by atoms with Crippen LogP contribution in [0, 0.1) is 0 Å². The number of thiazole rings is 1. The summed E-state index contributed by atoms with van der Waals surface area (Å²) in [5, 5.41) is 3.60. The molecule has 1 saturated carbocycles. The van der Waals surface area contributed by atoms with E-state index in [9.17, 15) is 8.78 Å². The molecule has 5 rings (SSSR count).